The van der Waals surface area contributed by atoms with Gasteiger partial charge in [-0.15, -0.1) is 0 Å². The van der Waals surface area contributed by atoms with Gasteiger partial charge < -0.3 is 15.2 Å². The summed E-state index contributed by atoms with van der Waals surface area (Å²) in [7, 11) is 0. The minimum atomic E-state index is -0.605. The van der Waals surface area contributed by atoms with E-state index in [1.54, 1.807) is 28.8 Å². The van der Waals surface area contributed by atoms with E-state index in [0.29, 0.717) is 35.6 Å². The third kappa shape index (κ3) is 4.91. The van der Waals surface area contributed by atoms with E-state index in [2.05, 4.69) is 48.3 Å². The number of carbonyl (C=O) groups excluding carboxylic acids is 1. The number of nitrogens with zero attached hydrogens (tertiary/aromatic N) is 3. The molecule has 1 aliphatic rings. The fourth-order valence-electron chi connectivity index (χ4n) is 3.43. The van der Waals surface area contributed by atoms with Crippen molar-refractivity contribution in [2.75, 3.05) is 38.0 Å². The van der Waals surface area contributed by atoms with Crippen LogP contribution in [0.5, 0.6) is 0 Å². The van der Waals surface area contributed by atoms with Crippen molar-refractivity contribution >= 4 is 56.2 Å². The predicted octanol–water partition coefficient (Wildman–Crippen LogP) is 4.06. The van der Waals surface area contributed by atoms with Crippen LogP contribution in [0.25, 0.3) is 11.0 Å². The third-order valence-corrected chi connectivity index (χ3v) is 5.90. The number of benzene rings is 2. The van der Waals surface area contributed by atoms with Crippen LogP contribution in [0, 0.1) is 17.7 Å². The van der Waals surface area contributed by atoms with E-state index in [0.717, 1.165) is 30.7 Å². The Kier molecular flexibility index (Phi) is 6.88. The third-order valence-electron chi connectivity index (χ3n) is 5.09. The second kappa shape index (κ2) is 9.79. The van der Waals surface area contributed by atoms with Gasteiger partial charge in [-0.1, -0.05) is 39.4 Å². The molecule has 1 aromatic heterocycles. The first-order valence-electron chi connectivity index (χ1n) is 9.80. The number of imidazole rings is 1. The number of carbonyl (C=O) groups is 1. The fourth-order valence-corrected chi connectivity index (χ4v) is 4.15. The zero-order chi connectivity index (χ0) is 21.8. The van der Waals surface area contributed by atoms with Gasteiger partial charge in [0.2, 0.25) is 0 Å². The molecule has 0 spiro atoms. The first-order valence-corrected chi connectivity index (χ1v) is 11.0. The Labute approximate surface area is 192 Å². The molecule has 31 heavy (non-hydrogen) atoms. The zero-order valence-corrected chi connectivity index (χ0v) is 18.9. The number of aldehydes is 1. The lowest BCUT2D eigenvalue weighted by Gasteiger charge is -2.24. The smallest absolute Gasteiger partial charge is 0.175 e. The average Bonchev–Trinajstić information content (AvgIpc) is 3.18. The van der Waals surface area contributed by atoms with E-state index in [1.807, 2.05) is 0 Å². The van der Waals surface area contributed by atoms with Crippen molar-refractivity contribution in [1.82, 2.24) is 19.8 Å². The second-order valence-corrected chi connectivity index (χ2v) is 8.46. The van der Waals surface area contributed by atoms with E-state index < -0.39 is 5.82 Å². The number of rotatable bonds is 5. The van der Waals surface area contributed by atoms with Gasteiger partial charge in [-0.3, -0.25) is 9.69 Å². The van der Waals surface area contributed by atoms with Gasteiger partial charge in [-0.2, -0.15) is 0 Å². The molecule has 2 aromatic carbocycles. The highest BCUT2D eigenvalue weighted by atomic mass is 79.9. The molecule has 1 fully saturated rings. The number of halogens is 3. The largest absolute Gasteiger partial charge is 0.351 e. The zero-order valence-electron chi connectivity index (χ0n) is 16.6. The Balaban J connectivity index is 1.58. The van der Waals surface area contributed by atoms with Gasteiger partial charge in [-0.25, -0.2) is 9.37 Å². The molecule has 1 aliphatic heterocycles. The van der Waals surface area contributed by atoms with Crippen molar-refractivity contribution in [2.45, 2.75) is 6.54 Å². The van der Waals surface area contributed by atoms with Crippen molar-refractivity contribution in [2.24, 2.45) is 0 Å². The lowest BCUT2D eigenvalue weighted by Crippen LogP contribution is -2.43. The lowest BCUT2D eigenvalue weighted by molar-refractivity contribution is 0.112. The minimum absolute atomic E-state index is 0.0433. The molecule has 2 N–H and O–H groups in total. The van der Waals surface area contributed by atoms with Crippen LogP contribution >= 0.6 is 27.5 Å². The first-order chi connectivity index (χ1) is 15.1. The Morgan fingerprint density at radius 1 is 1.26 bits per heavy atom. The summed E-state index contributed by atoms with van der Waals surface area (Å²) in [5, 5.41) is 6.64. The number of nitrogens with one attached hydrogen (secondary N) is 2. The van der Waals surface area contributed by atoms with Crippen LogP contribution in [0.2, 0.25) is 5.02 Å². The van der Waals surface area contributed by atoms with Crippen LogP contribution in [-0.4, -0.2) is 53.5 Å². The molecule has 0 aliphatic carbocycles. The number of hydrogen-bond donors (Lipinski definition) is 2. The first kappa shape index (κ1) is 21.8. The van der Waals surface area contributed by atoms with E-state index >= 15 is 4.39 Å². The van der Waals surface area contributed by atoms with Crippen molar-refractivity contribution in [3.63, 3.8) is 0 Å². The molecule has 2 heterocycles. The molecular weight excluding hydrogens is 485 g/mol. The molecule has 4 rings (SSSR count). The molecule has 0 unspecified atom stereocenters. The maximum Gasteiger partial charge on any atom is 0.175 e. The number of hydrogen-bond acceptors (Lipinski definition) is 5. The molecule has 0 bridgehead atoms. The van der Waals surface area contributed by atoms with Gasteiger partial charge in [0.05, 0.1) is 41.3 Å². The molecule has 9 heteroatoms. The van der Waals surface area contributed by atoms with Crippen LogP contribution in [0.15, 0.2) is 35.1 Å². The van der Waals surface area contributed by atoms with Crippen molar-refractivity contribution in [3.05, 3.63) is 51.5 Å². The summed E-state index contributed by atoms with van der Waals surface area (Å²) in [5.41, 5.74) is 1.40. The highest BCUT2D eigenvalue weighted by molar-refractivity contribution is 9.10. The Hall–Kier alpha value is -2.44. The number of fused-ring (bicyclic) bond motifs is 1. The summed E-state index contributed by atoms with van der Waals surface area (Å²) in [6.45, 7) is 4.98. The van der Waals surface area contributed by atoms with Crippen LogP contribution in [0.1, 0.15) is 10.4 Å². The fraction of sp³-hybridized carbons (Fsp3) is 0.273. The van der Waals surface area contributed by atoms with E-state index in [4.69, 9.17) is 11.6 Å². The normalized spacial score (nSPS) is 14.3. The Bertz CT molecular complexity index is 1180. The minimum Gasteiger partial charge on any atom is -0.351 e. The van der Waals surface area contributed by atoms with E-state index in [9.17, 15) is 4.79 Å². The number of piperazine rings is 1. The van der Waals surface area contributed by atoms with Crippen LogP contribution in [0.4, 0.5) is 15.8 Å². The van der Waals surface area contributed by atoms with E-state index in [1.165, 1.54) is 6.33 Å². The summed E-state index contributed by atoms with van der Waals surface area (Å²) in [4.78, 5) is 18.2. The molecule has 1 saturated heterocycles. The molecular formula is C22H20BrClFN5O. The molecule has 0 saturated carbocycles. The SMILES string of the molecule is O=Cc1cc2c(ncn2CC#CCN2CCNCC2)c(F)c1Nc1ccc(Br)cc1Cl. The van der Waals surface area contributed by atoms with Gasteiger partial charge in [0, 0.05) is 36.2 Å². The number of anilines is 2. The van der Waals surface area contributed by atoms with Gasteiger partial charge in [-0.05, 0) is 24.3 Å². The van der Waals surface area contributed by atoms with E-state index in [-0.39, 0.29) is 16.8 Å². The summed E-state index contributed by atoms with van der Waals surface area (Å²) in [6, 6.07) is 6.79. The summed E-state index contributed by atoms with van der Waals surface area (Å²) in [6.07, 6.45) is 2.16. The van der Waals surface area contributed by atoms with Crippen molar-refractivity contribution in [1.29, 1.82) is 0 Å². The number of aromatic nitrogens is 2. The summed E-state index contributed by atoms with van der Waals surface area (Å²) < 4.78 is 17.8. The van der Waals surface area contributed by atoms with Crippen molar-refractivity contribution < 1.29 is 9.18 Å². The lowest BCUT2D eigenvalue weighted by atomic mass is 10.1. The van der Waals surface area contributed by atoms with Crippen LogP contribution < -0.4 is 10.6 Å². The summed E-state index contributed by atoms with van der Waals surface area (Å²) in [5.74, 6) is 5.67. The molecule has 0 amide bonds. The van der Waals surface area contributed by atoms with Gasteiger partial charge >= 0.3 is 0 Å². The Morgan fingerprint density at radius 2 is 2.03 bits per heavy atom. The second-order valence-electron chi connectivity index (χ2n) is 7.14. The van der Waals surface area contributed by atoms with Crippen LogP contribution in [0.3, 0.4) is 0 Å². The summed E-state index contributed by atoms with van der Waals surface area (Å²) >= 11 is 9.57. The average molecular weight is 505 g/mol. The maximum atomic E-state index is 15.3. The highest BCUT2D eigenvalue weighted by Gasteiger charge is 2.18. The quantitative estimate of drug-likeness (QED) is 0.405. The molecule has 0 radical (unpaired) electrons. The molecule has 160 valence electrons. The predicted molar refractivity (Wildman–Crippen MR) is 125 cm³/mol. The van der Waals surface area contributed by atoms with Crippen LogP contribution in [-0.2, 0) is 6.54 Å². The standard InChI is InChI=1S/C22H20BrClFN5O/c23-16-3-4-18(17(24)12-16)28-21-15(13-31)11-19-22(20(21)25)27-14-30(19)8-2-1-7-29-9-5-26-6-10-29/h3-4,11-14,26,28H,5-10H2. The highest BCUT2D eigenvalue weighted by Crippen LogP contribution is 2.33. The van der Waals surface area contributed by atoms with Gasteiger partial charge in [0.25, 0.3) is 0 Å². The molecule has 3 aromatic rings. The van der Waals surface area contributed by atoms with Gasteiger partial charge in [0.1, 0.15) is 5.52 Å². The maximum absolute atomic E-state index is 15.3. The monoisotopic (exact) mass is 503 g/mol. The molecule has 0 atom stereocenters. The van der Waals surface area contributed by atoms with Crippen molar-refractivity contribution in [3.8, 4) is 11.8 Å². The topological polar surface area (TPSA) is 62.2 Å². The Morgan fingerprint density at radius 3 is 2.77 bits per heavy atom. The van der Waals surface area contributed by atoms with Gasteiger partial charge in [0.15, 0.2) is 12.1 Å². The molecule has 6 nitrogen and oxygen atoms in total.